The molecule has 1 fully saturated rings. The minimum Gasteiger partial charge on any atom is -0.306 e. The van der Waals surface area contributed by atoms with Crippen molar-refractivity contribution in [2.24, 2.45) is 7.05 Å². The average molecular weight is 232 g/mol. The van der Waals surface area contributed by atoms with E-state index in [9.17, 15) is 4.79 Å². The molecule has 0 aliphatic carbocycles. The highest BCUT2D eigenvalue weighted by Gasteiger charge is 2.23. The van der Waals surface area contributed by atoms with Crippen molar-refractivity contribution in [2.45, 2.75) is 18.8 Å². The summed E-state index contributed by atoms with van der Waals surface area (Å²) in [5.41, 5.74) is 0.904. The van der Waals surface area contributed by atoms with Crippen molar-refractivity contribution in [1.82, 2.24) is 14.5 Å². The molecule has 0 radical (unpaired) electrons. The number of likely N-dealkylation sites (tertiary alicyclic amines) is 1. The van der Waals surface area contributed by atoms with Gasteiger partial charge in [0.15, 0.2) is 0 Å². The molecule has 0 saturated carbocycles. The summed E-state index contributed by atoms with van der Waals surface area (Å²) in [4.78, 5) is 17.8. The van der Waals surface area contributed by atoms with E-state index in [1.807, 2.05) is 0 Å². The lowest BCUT2D eigenvalue weighted by Gasteiger charge is -2.29. The largest absolute Gasteiger partial charge is 0.347 e. The first-order valence-electron chi connectivity index (χ1n) is 5.78. The molecule has 0 N–H and O–H groups in total. The van der Waals surface area contributed by atoms with Crippen molar-refractivity contribution in [2.75, 3.05) is 20.1 Å². The van der Waals surface area contributed by atoms with E-state index in [1.165, 1.54) is 4.57 Å². The monoisotopic (exact) mass is 232 g/mol. The summed E-state index contributed by atoms with van der Waals surface area (Å²) < 4.78 is 1.36. The Kier molecular flexibility index (Phi) is 3.25. The zero-order valence-electron chi connectivity index (χ0n) is 10.2. The van der Waals surface area contributed by atoms with Crippen molar-refractivity contribution >= 4 is 0 Å². The summed E-state index contributed by atoms with van der Waals surface area (Å²) in [6, 6.07) is 2.14. The molecular formula is C12H16N4O. The molecule has 0 spiro atoms. The maximum absolute atomic E-state index is 11.6. The van der Waals surface area contributed by atoms with E-state index in [4.69, 9.17) is 5.26 Å². The fourth-order valence-electron chi connectivity index (χ4n) is 2.34. The lowest BCUT2D eigenvalue weighted by molar-refractivity contribution is 0.248. The number of likely N-dealkylation sites (N-methyl/N-ethyl adjacent to an activating group) is 1. The van der Waals surface area contributed by atoms with E-state index in [2.05, 4.69) is 23.0 Å². The van der Waals surface area contributed by atoms with Gasteiger partial charge in [0.05, 0.1) is 11.3 Å². The molecule has 1 aliphatic heterocycles. The molecule has 90 valence electrons. The van der Waals surface area contributed by atoms with E-state index in [0.717, 1.165) is 25.9 Å². The molecule has 2 rings (SSSR count). The Bertz CT molecular complexity index is 514. The lowest BCUT2D eigenvalue weighted by Crippen LogP contribution is -2.33. The van der Waals surface area contributed by atoms with Crippen LogP contribution in [0.2, 0.25) is 0 Å². The molecule has 2 heterocycles. The molecule has 1 aromatic rings. The van der Waals surface area contributed by atoms with Gasteiger partial charge in [0, 0.05) is 25.7 Å². The van der Waals surface area contributed by atoms with E-state index in [-0.39, 0.29) is 11.6 Å². The van der Waals surface area contributed by atoms with Crippen molar-refractivity contribution < 1.29 is 0 Å². The van der Waals surface area contributed by atoms with Crippen LogP contribution in [0.5, 0.6) is 0 Å². The van der Waals surface area contributed by atoms with Crippen LogP contribution in [0.1, 0.15) is 30.0 Å². The van der Waals surface area contributed by atoms with Crippen LogP contribution in [0.25, 0.3) is 0 Å². The molecule has 1 unspecified atom stereocenters. The fourth-order valence-corrected chi connectivity index (χ4v) is 2.34. The number of aromatic nitrogens is 2. The number of aryl methyl sites for hydroxylation is 1. The highest BCUT2D eigenvalue weighted by molar-refractivity contribution is 5.33. The van der Waals surface area contributed by atoms with Gasteiger partial charge in [-0.25, -0.2) is 4.79 Å². The van der Waals surface area contributed by atoms with Crippen LogP contribution in [0.4, 0.5) is 0 Å². The predicted octanol–water partition coefficient (Wildman–Crippen LogP) is 0.461. The Hall–Kier alpha value is -1.67. The first kappa shape index (κ1) is 11.8. The van der Waals surface area contributed by atoms with Crippen molar-refractivity contribution in [3.8, 4) is 6.07 Å². The summed E-state index contributed by atoms with van der Waals surface area (Å²) >= 11 is 0. The first-order chi connectivity index (χ1) is 8.11. The van der Waals surface area contributed by atoms with Gasteiger partial charge in [-0.05, 0) is 26.4 Å². The third-order valence-corrected chi connectivity index (χ3v) is 3.25. The van der Waals surface area contributed by atoms with Gasteiger partial charge in [0.1, 0.15) is 6.07 Å². The number of nitrogens with zero attached hydrogens (tertiary/aromatic N) is 4. The topological polar surface area (TPSA) is 61.9 Å². The quantitative estimate of drug-likeness (QED) is 0.705. The predicted molar refractivity (Wildman–Crippen MR) is 63.7 cm³/mol. The molecule has 0 amide bonds. The molecule has 1 aromatic heterocycles. The third-order valence-electron chi connectivity index (χ3n) is 3.25. The molecule has 0 bridgehead atoms. The number of rotatable bonds is 1. The van der Waals surface area contributed by atoms with Gasteiger partial charge in [-0.3, -0.25) is 0 Å². The molecule has 17 heavy (non-hydrogen) atoms. The highest BCUT2D eigenvalue weighted by Crippen LogP contribution is 2.25. The SMILES string of the molecule is CN1CCCC(c2nc(=O)n(C)cc2C#N)C1. The summed E-state index contributed by atoms with van der Waals surface area (Å²) in [7, 11) is 3.67. The summed E-state index contributed by atoms with van der Waals surface area (Å²) in [5, 5.41) is 9.11. The molecule has 5 nitrogen and oxygen atoms in total. The maximum Gasteiger partial charge on any atom is 0.347 e. The second-order valence-electron chi connectivity index (χ2n) is 4.65. The van der Waals surface area contributed by atoms with E-state index in [0.29, 0.717) is 11.3 Å². The van der Waals surface area contributed by atoms with Gasteiger partial charge < -0.3 is 9.47 Å². The second kappa shape index (κ2) is 4.68. The zero-order chi connectivity index (χ0) is 12.4. The molecule has 1 atom stereocenters. The highest BCUT2D eigenvalue weighted by atomic mass is 16.1. The summed E-state index contributed by atoms with van der Waals surface area (Å²) in [5.74, 6) is 0.206. The van der Waals surface area contributed by atoms with E-state index < -0.39 is 0 Å². The zero-order valence-corrected chi connectivity index (χ0v) is 10.2. The van der Waals surface area contributed by atoms with Crippen LogP contribution >= 0.6 is 0 Å². The number of hydrogen-bond donors (Lipinski definition) is 0. The molecule has 1 aliphatic rings. The van der Waals surface area contributed by atoms with Gasteiger partial charge in [-0.15, -0.1) is 0 Å². The Labute approximate surface area is 100 Å². The number of nitriles is 1. The van der Waals surface area contributed by atoms with Crippen LogP contribution in [0, 0.1) is 11.3 Å². The van der Waals surface area contributed by atoms with Crippen molar-refractivity contribution in [3.63, 3.8) is 0 Å². The third kappa shape index (κ3) is 2.37. The Morgan fingerprint density at radius 2 is 2.29 bits per heavy atom. The fraction of sp³-hybridized carbons (Fsp3) is 0.583. The maximum atomic E-state index is 11.6. The Balaban J connectivity index is 2.41. The first-order valence-corrected chi connectivity index (χ1v) is 5.78. The van der Waals surface area contributed by atoms with Crippen LogP contribution in [-0.4, -0.2) is 34.6 Å². The van der Waals surface area contributed by atoms with Crippen molar-refractivity contribution in [1.29, 1.82) is 5.26 Å². The van der Waals surface area contributed by atoms with Crippen LogP contribution in [0.15, 0.2) is 11.0 Å². The molecule has 0 aromatic carbocycles. The summed E-state index contributed by atoms with van der Waals surface area (Å²) in [6.45, 7) is 1.94. The second-order valence-corrected chi connectivity index (χ2v) is 4.65. The molecule has 1 saturated heterocycles. The smallest absolute Gasteiger partial charge is 0.306 e. The minimum atomic E-state index is -0.285. The van der Waals surface area contributed by atoms with E-state index >= 15 is 0 Å². The van der Waals surface area contributed by atoms with Crippen LogP contribution in [0.3, 0.4) is 0 Å². The van der Waals surface area contributed by atoms with Gasteiger partial charge >= 0.3 is 5.69 Å². The van der Waals surface area contributed by atoms with E-state index in [1.54, 1.807) is 13.2 Å². The van der Waals surface area contributed by atoms with Gasteiger partial charge in [0.2, 0.25) is 0 Å². The lowest BCUT2D eigenvalue weighted by atomic mass is 9.92. The van der Waals surface area contributed by atoms with Gasteiger partial charge in [0.25, 0.3) is 0 Å². The standard InChI is InChI=1S/C12H16N4O/c1-15-5-3-4-9(7-15)11-10(6-13)8-16(2)12(17)14-11/h8-9H,3-5,7H2,1-2H3. The molecular weight excluding hydrogens is 216 g/mol. The van der Waals surface area contributed by atoms with Crippen LogP contribution < -0.4 is 5.69 Å². The normalized spacial score (nSPS) is 21.1. The van der Waals surface area contributed by atoms with Crippen LogP contribution in [-0.2, 0) is 7.05 Å². The van der Waals surface area contributed by atoms with Gasteiger partial charge in [-0.1, -0.05) is 0 Å². The molecule has 5 heteroatoms. The summed E-state index contributed by atoms with van der Waals surface area (Å²) in [6.07, 6.45) is 3.67. The Morgan fingerprint density at radius 1 is 1.53 bits per heavy atom. The number of piperidine rings is 1. The van der Waals surface area contributed by atoms with Crippen molar-refractivity contribution in [3.05, 3.63) is 27.9 Å². The minimum absolute atomic E-state index is 0.206. The van der Waals surface area contributed by atoms with Gasteiger partial charge in [-0.2, -0.15) is 10.2 Å². The Morgan fingerprint density at radius 3 is 2.94 bits per heavy atom. The average Bonchev–Trinajstić information content (AvgIpc) is 2.32. The number of hydrogen-bond acceptors (Lipinski definition) is 4.